The van der Waals surface area contributed by atoms with Crippen molar-refractivity contribution in [3.63, 3.8) is 0 Å². The SMILES string of the molecule is CCO.[CH2]CCCOCCOCCO. The van der Waals surface area contributed by atoms with Gasteiger partial charge in [-0.3, -0.25) is 0 Å². The van der Waals surface area contributed by atoms with Crippen molar-refractivity contribution in [2.45, 2.75) is 19.8 Å². The Morgan fingerprint density at radius 1 is 1.00 bits per heavy atom. The lowest BCUT2D eigenvalue weighted by Crippen LogP contribution is -2.07. The number of hydrogen-bond donors (Lipinski definition) is 2. The first-order valence-corrected chi connectivity index (χ1v) is 4.99. The molecule has 0 rings (SSSR count). The van der Waals surface area contributed by atoms with Crippen molar-refractivity contribution in [3.8, 4) is 0 Å². The van der Waals surface area contributed by atoms with E-state index in [4.69, 9.17) is 19.7 Å². The Kier molecular flexibility index (Phi) is 21.6. The maximum Gasteiger partial charge on any atom is 0.0701 e. The fourth-order valence-electron chi connectivity index (χ4n) is 0.591. The lowest BCUT2D eigenvalue weighted by Gasteiger charge is -2.02. The maximum absolute atomic E-state index is 8.33. The standard InChI is InChI=1S/C8H17O3.C2H6O/c1-2-3-5-10-7-8-11-6-4-9;1-2-3/h9H,1-8H2;3H,2H2,1H3. The third kappa shape index (κ3) is 22.6. The monoisotopic (exact) mass is 207 g/mol. The minimum absolute atomic E-state index is 0.0822. The summed E-state index contributed by atoms with van der Waals surface area (Å²) in [7, 11) is 0. The van der Waals surface area contributed by atoms with Gasteiger partial charge in [-0.25, -0.2) is 0 Å². The van der Waals surface area contributed by atoms with Crippen molar-refractivity contribution >= 4 is 0 Å². The molecule has 1 radical (unpaired) electrons. The molecule has 0 saturated heterocycles. The summed E-state index contributed by atoms with van der Waals surface area (Å²) >= 11 is 0. The van der Waals surface area contributed by atoms with Crippen LogP contribution in [0.5, 0.6) is 0 Å². The van der Waals surface area contributed by atoms with E-state index < -0.39 is 0 Å². The van der Waals surface area contributed by atoms with Crippen molar-refractivity contribution in [1.82, 2.24) is 0 Å². The predicted molar refractivity (Wildman–Crippen MR) is 56.1 cm³/mol. The first-order chi connectivity index (χ1) is 6.83. The zero-order chi connectivity index (χ0) is 11.1. The molecule has 4 nitrogen and oxygen atoms in total. The molecule has 14 heavy (non-hydrogen) atoms. The number of ether oxygens (including phenoxy) is 2. The van der Waals surface area contributed by atoms with Gasteiger partial charge in [0.15, 0.2) is 0 Å². The van der Waals surface area contributed by atoms with Crippen LogP contribution in [0.3, 0.4) is 0 Å². The van der Waals surface area contributed by atoms with E-state index in [1.54, 1.807) is 6.92 Å². The number of rotatable bonds is 8. The highest BCUT2D eigenvalue weighted by molar-refractivity contribution is 4.39. The average molecular weight is 207 g/mol. The molecule has 0 atom stereocenters. The van der Waals surface area contributed by atoms with Crippen LogP contribution in [0, 0.1) is 6.92 Å². The Labute approximate surface area is 86.8 Å². The molecule has 87 valence electrons. The van der Waals surface area contributed by atoms with Gasteiger partial charge in [-0.2, -0.15) is 0 Å². The number of hydrogen-bond acceptors (Lipinski definition) is 4. The third-order valence-electron chi connectivity index (χ3n) is 1.15. The Balaban J connectivity index is 0. The van der Waals surface area contributed by atoms with Gasteiger partial charge in [0.2, 0.25) is 0 Å². The van der Waals surface area contributed by atoms with Crippen LogP contribution < -0.4 is 0 Å². The molecule has 0 aliphatic heterocycles. The lowest BCUT2D eigenvalue weighted by molar-refractivity contribution is 0.0326. The van der Waals surface area contributed by atoms with E-state index in [1.165, 1.54) is 0 Å². The zero-order valence-electron chi connectivity index (χ0n) is 9.07. The van der Waals surface area contributed by atoms with E-state index in [9.17, 15) is 0 Å². The Bertz CT molecular complexity index is 70.5. The van der Waals surface area contributed by atoms with Gasteiger partial charge in [0.05, 0.1) is 26.4 Å². The molecular formula is C10H23O4. The van der Waals surface area contributed by atoms with Crippen LogP contribution in [0.1, 0.15) is 19.8 Å². The molecule has 0 aliphatic carbocycles. The number of aliphatic hydroxyl groups is 2. The van der Waals surface area contributed by atoms with Gasteiger partial charge in [0, 0.05) is 13.2 Å². The molecule has 0 amide bonds. The minimum Gasteiger partial charge on any atom is -0.397 e. The van der Waals surface area contributed by atoms with Crippen LogP contribution in [0.4, 0.5) is 0 Å². The van der Waals surface area contributed by atoms with Gasteiger partial charge in [-0.1, -0.05) is 13.3 Å². The second-order valence-electron chi connectivity index (χ2n) is 2.47. The third-order valence-corrected chi connectivity index (χ3v) is 1.15. The van der Waals surface area contributed by atoms with Crippen molar-refractivity contribution < 1.29 is 19.7 Å². The highest BCUT2D eigenvalue weighted by Gasteiger charge is 1.87. The normalized spacial score (nSPS) is 9.43. The Morgan fingerprint density at radius 3 is 1.93 bits per heavy atom. The van der Waals surface area contributed by atoms with Gasteiger partial charge in [-0.05, 0) is 13.3 Å². The van der Waals surface area contributed by atoms with E-state index in [0.717, 1.165) is 19.4 Å². The molecule has 0 heterocycles. The summed E-state index contributed by atoms with van der Waals surface area (Å²) in [5.74, 6) is 0. The number of aliphatic hydroxyl groups excluding tert-OH is 2. The van der Waals surface area contributed by atoms with E-state index in [1.807, 2.05) is 0 Å². The van der Waals surface area contributed by atoms with Crippen molar-refractivity contribution in [1.29, 1.82) is 0 Å². The highest BCUT2D eigenvalue weighted by Crippen LogP contribution is 1.86. The second-order valence-corrected chi connectivity index (χ2v) is 2.47. The lowest BCUT2D eigenvalue weighted by atomic mass is 10.4. The highest BCUT2D eigenvalue weighted by atomic mass is 16.5. The number of unbranched alkanes of at least 4 members (excludes halogenated alkanes) is 1. The first-order valence-electron chi connectivity index (χ1n) is 4.99. The van der Waals surface area contributed by atoms with E-state index in [-0.39, 0.29) is 13.2 Å². The molecule has 0 aliphatic rings. The van der Waals surface area contributed by atoms with Gasteiger partial charge in [0.1, 0.15) is 0 Å². The Morgan fingerprint density at radius 2 is 1.50 bits per heavy atom. The van der Waals surface area contributed by atoms with Crippen LogP contribution >= 0.6 is 0 Å². The van der Waals surface area contributed by atoms with Crippen LogP contribution in [-0.2, 0) is 9.47 Å². The predicted octanol–water partition coefficient (Wildman–Crippen LogP) is 0.625. The molecule has 2 N–H and O–H groups in total. The van der Waals surface area contributed by atoms with Gasteiger partial charge >= 0.3 is 0 Å². The zero-order valence-corrected chi connectivity index (χ0v) is 9.07. The smallest absolute Gasteiger partial charge is 0.0701 e. The van der Waals surface area contributed by atoms with Crippen LogP contribution in [0.2, 0.25) is 0 Å². The first kappa shape index (κ1) is 16.3. The topological polar surface area (TPSA) is 58.9 Å². The summed E-state index contributed by atoms with van der Waals surface area (Å²) in [5.41, 5.74) is 0. The van der Waals surface area contributed by atoms with Gasteiger partial charge < -0.3 is 19.7 Å². The summed E-state index contributed by atoms with van der Waals surface area (Å²) in [6.45, 7) is 8.04. The van der Waals surface area contributed by atoms with Gasteiger partial charge in [-0.15, -0.1) is 0 Å². The largest absolute Gasteiger partial charge is 0.397 e. The minimum atomic E-state index is 0.0822. The van der Waals surface area contributed by atoms with Crippen LogP contribution in [0.25, 0.3) is 0 Å². The summed E-state index contributed by atoms with van der Waals surface area (Å²) in [5, 5.41) is 15.9. The van der Waals surface area contributed by atoms with Crippen molar-refractivity contribution in [2.24, 2.45) is 0 Å². The summed E-state index contributed by atoms with van der Waals surface area (Å²) in [6, 6.07) is 0. The Hall–Kier alpha value is -0.160. The fourth-order valence-corrected chi connectivity index (χ4v) is 0.591. The molecule has 4 heteroatoms. The summed E-state index contributed by atoms with van der Waals surface area (Å²) in [4.78, 5) is 0. The molecule has 0 aromatic carbocycles. The quantitative estimate of drug-likeness (QED) is 0.573. The average Bonchev–Trinajstić information content (AvgIpc) is 2.18. The van der Waals surface area contributed by atoms with E-state index >= 15 is 0 Å². The molecule has 0 fully saturated rings. The molecule has 0 unspecified atom stereocenters. The summed E-state index contributed by atoms with van der Waals surface area (Å²) < 4.78 is 10.1. The summed E-state index contributed by atoms with van der Waals surface area (Å²) in [6.07, 6.45) is 1.91. The van der Waals surface area contributed by atoms with E-state index in [0.29, 0.717) is 19.8 Å². The van der Waals surface area contributed by atoms with Crippen molar-refractivity contribution in [2.75, 3.05) is 39.6 Å². The molecule has 0 saturated carbocycles. The van der Waals surface area contributed by atoms with E-state index in [2.05, 4.69) is 6.92 Å². The fraction of sp³-hybridized carbons (Fsp3) is 0.900. The molecular weight excluding hydrogens is 184 g/mol. The molecule has 0 aromatic rings. The maximum atomic E-state index is 8.33. The second kappa shape index (κ2) is 18.6. The van der Waals surface area contributed by atoms with Crippen LogP contribution in [-0.4, -0.2) is 49.9 Å². The van der Waals surface area contributed by atoms with Gasteiger partial charge in [0.25, 0.3) is 0 Å². The van der Waals surface area contributed by atoms with Crippen molar-refractivity contribution in [3.05, 3.63) is 6.92 Å². The molecule has 0 aromatic heterocycles. The molecule has 0 spiro atoms. The molecule has 0 bridgehead atoms. The van der Waals surface area contributed by atoms with Crippen LogP contribution in [0.15, 0.2) is 0 Å².